The third kappa shape index (κ3) is 4.84. The Morgan fingerprint density at radius 1 is 1.19 bits per heavy atom. The molecule has 1 rings (SSSR count). The van der Waals surface area contributed by atoms with E-state index in [1.54, 1.807) is 0 Å². The van der Waals surface area contributed by atoms with Gasteiger partial charge in [-0.15, -0.1) is 0 Å². The van der Waals surface area contributed by atoms with Crippen LogP contribution in [0, 0.1) is 0 Å². The quantitative estimate of drug-likeness (QED) is 0.672. The van der Waals surface area contributed by atoms with Crippen LogP contribution < -0.4 is 5.32 Å². The maximum Gasteiger partial charge on any atom is 0.0780 e. The molecule has 0 bridgehead atoms. The number of unbranched alkanes of at least 4 members (excludes halogenated alkanes) is 4. The van der Waals surface area contributed by atoms with Crippen LogP contribution in [0.3, 0.4) is 0 Å². The van der Waals surface area contributed by atoms with Crippen molar-refractivity contribution in [2.75, 3.05) is 13.1 Å². The molecule has 0 radical (unpaired) electrons. The Morgan fingerprint density at radius 2 is 1.94 bits per heavy atom. The van der Waals surface area contributed by atoms with Gasteiger partial charge in [0.15, 0.2) is 0 Å². The Bertz CT molecular complexity index is 184. The van der Waals surface area contributed by atoms with E-state index in [4.69, 9.17) is 4.74 Å². The smallest absolute Gasteiger partial charge is 0.0780 e. The molecule has 0 aromatic heterocycles. The second-order valence-electron chi connectivity index (χ2n) is 5.38. The lowest BCUT2D eigenvalue weighted by molar-refractivity contribution is -0.109. The van der Waals surface area contributed by atoms with E-state index in [-0.39, 0.29) is 5.60 Å². The largest absolute Gasteiger partial charge is 0.369 e. The second kappa shape index (κ2) is 7.29. The highest BCUT2D eigenvalue weighted by Crippen LogP contribution is 2.22. The molecule has 0 amide bonds. The summed E-state index contributed by atoms with van der Waals surface area (Å²) in [6.07, 6.45) is 9.58. The maximum absolute atomic E-state index is 6.17. The van der Waals surface area contributed by atoms with Gasteiger partial charge in [-0.2, -0.15) is 0 Å². The van der Waals surface area contributed by atoms with Gasteiger partial charge in [0.1, 0.15) is 0 Å². The van der Waals surface area contributed by atoms with Crippen LogP contribution in [-0.4, -0.2) is 24.8 Å². The van der Waals surface area contributed by atoms with E-state index in [2.05, 4.69) is 26.1 Å². The molecular weight excluding hydrogens is 198 g/mol. The molecule has 1 aliphatic heterocycles. The van der Waals surface area contributed by atoms with E-state index >= 15 is 0 Å². The van der Waals surface area contributed by atoms with Crippen LogP contribution in [0.5, 0.6) is 0 Å². The molecule has 2 heteroatoms. The van der Waals surface area contributed by atoms with E-state index in [1.807, 2.05) is 0 Å². The Kier molecular flexibility index (Phi) is 6.37. The summed E-state index contributed by atoms with van der Waals surface area (Å²) in [6, 6.07) is 0. The molecule has 16 heavy (non-hydrogen) atoms. The predicted molar refractivity (Wildman–Crippen MR) is 69.8 cm³/mol. The zero-order valence-electron chi connectivity index (χ0n) is 11.3. The van der Waals surface area contributed by atoms with Gasteiger partial charge in [-0.1, -0.05) is 46.0 Å². The lowest BCUT2D eigenvalue weighted by Crippen LogP contribution is -2.51. The van der Waals surface area contributed by atoms with E-state index < -0.39 is 0 Å². The molecule has 0 spiro atoms. The van der Waals surface area contributed by atoms with Gasteiger partial charge < -0.3 is 10.1 Å². The number of ether oxygens (including phenoxy) is 1. The van der Waals surface area contributed by atoms with Crippen LogP contribution in [0.1, 0.15) is 65.7 Å². The van der Waals surface area contributed by atoms with Gasteiger partial charge in [-0.05, 0) is 19.8 Å². The van der Waals surface area contributed by atoms with E-state index in [1.165, 1.54) is 38.5 Å². The number of morpholine rings is 1. The first-order valence-corrected chi connectivity index (χ1v) is 7.08. The predicted octanol–water partition coefficient (Wildman–Crippen LogP) is 3.50. The maximum atomic E-state index is 6.17. The average Bonchev–Trinajstić information content (AvgIpc) is 2.29. The molecule has 2 nitrogen and oxygen atoms in total. The van der Waals surface area contributed by atoms with Crippen molar-refractivity contribution < 1.29 is 4.74 Å². The zero-order valence-corrected chi connectivity index (χ0v) is 11.3. The molecular formula is C14H29NO. The molecule has 96 valence electrons. The van der Waals surface area contributed by atoms with Gasteiger partial charge >= 0.3 is 0 Å². The summed E-state index contributed by atoms with van der Waals surface area (Å²) >= 11 is 0. The van der Waals surface area contributed by atoms with Crippen molar-refractivity contribution in [2.45, 2.75) is 77.4 Å². The minimum atomic E-state index is 0.0757. The molecule has 0 aromatic carbocycles. The number of rotatable bonds is 7. The highest BCUT2D eigenvalue weighted by molar-refractivity contribution is 4.84. The monoisotopic (exact) mass is 227 g/mol. The molecule has 0 aliphatic carbocycles. The van der Waals surface area contributed by atoms with Crippen LogP contribution in [-0.2, 0) is 4.74 Å². The van der Waals surface area contributed by atoms with Gasteiger partial charge in [0.05, 0.1) is 11.7 Å². The highest BCUT2D eigenvalue weighted by atomic mass is 16.5. The molecule has 1 fully saturated rings. The van der Waals surface area contributed by atoms with Crippen LogP contribution in [0.25, 0.3) is 0 Å². The first-order chi connectivity index (χ1) is 7.70. The number of nitrogens with one attached hydrogen (secondary N) is 1. The zero-order chi connectivity index (χ0) is 11.9. The summed E-state index contributed by atoms with van der Waals surface area (Å²) in [4.78, 5) is 0. The van der Waals surface area contributed by atoms with Crippen molar-refractivity contribution in [1.82, 2.24) is 5.32 Å². The summed E-state index contributed by atoms with van der Waals surface area (Å²) in [6.45, 7) is 8.76. The van der Waals surface area contributed by atoms with Gasteiger partial charge in [-0.3, -0.25) is 0 Å². The van der Waals surface area contributed by atoms with Crippen molar-refractivity contribution in [2.24, 2.45) is 0 Å². The average molecular weight is 227 g/mol. The lowest BCUT2D eigenvalue weighted by Gasteiger charge is -2.39. The molecule has 1 aliphatic rings. The minimum absolute atomic E-state index is 0.0757. The molecule has 1 saturated heterocycles. The highest BCUT2D eigenvalue weighted by Gasteiger charge is 2.30. The summed E-state index contributed by atoms with van der Waals surface area (Å²) < 4.78 is 6.17. The van der Waals surface area contributed by atoms with Gasteiger partial charge in [0.2, 0.25) is 0 Å². The Balaban J connectivity index is 2.12. The second-order valence-corrected chi connectivity index (χ2v) is 5.38. The summed E-state index contributed by atoms with van der Waals surface area (Å²) in [5.41, 5.74) is 0.0757. The third-order valence-electron chi connectivity index (χ3n) is 3.70. The molecule has 2 atom stereocenters. The van der Waals surface area contributed by atoms with Crippen LogP contribution >= 0.6 is 0 Å². The number of hydrogen-bond donors (Lipinski definition) is 1. The third-order valence-corrected chi connectivity index (χ3v) is 3.70. The SMILES string of the molecule is CCCCCCCC1CNCC(C)(CC)O1. The van der Waals surface area contributed by atoms with Crippen molar-refractivity contribution in [3.8, 4) is 0 Å². The fraction of sp³-hybridized carbons (Fsp3) is 1.00. The van der Waals surface area contributed by atoms with Crippen LogP contribution in [0.4, 0.5) is 0 Å². The van der Waals surface area contributed by atoms with Crippen LogP contribution in [0.15, 0.2) is 0 Å². The van der Waals surface area contributed by atoms with E-state index in [0.717, 1.165) is 19.5 Å². The first kappa shape index (κ1) is 14.0. The number of hydrogen-bond acceptors (Lipinski definition) is 2. The van der Waals surface area contributed by atoms with Crippen molar-refractivity contribution in [3.63, 3.8) is 0 Å². The minimum Gasteiger partial charge on any atom is -0.369 e. The van der Waals surface area contributed by atoms with Gasteiger partial charge in [-0.25, -0.2) is 0 Å². The van der Waals surface area contributed by atoms with E-state index in [9.17, 15) is 0 Å². The first-order valence-electron chi connectivity index (χ1n) is 7.08. The standard InChI is InChI=1S/C14H29NO/c1-4-6-7-8-9-10-13-11-15-12-14(3,5-2)16-13/h13,15H,4-12H2,1-3H3. The topological polar surface area (TPSA) is 21.3 Å². The molecule has 1 N–H and O–H groups in total. The molecule has 0 aromatic rings. The van der Waals surface area contributed by atoms with E-state index in [0.29, 0.717) is 6.10 Å². The fourth-order valence-electron chi connectivity index (χ4n) is 2.33. The van der Waals surface area contributed by atoms with Crippen molar-refractivity contribution in [1.29, 1.82) is 0 Å². The summed E-state index contributed by atoms with van der Waals surface area (Å²) in [7, 11) is 0. The molecule has 0 saturated carbocycles. The molecule has 2 unspecified atom stereocenters. The Labute approximate surface area is 101 Å². The fourth-order valence-corrected chi connectivity index (χ4v) is 2.33. The van der Waals surface area contributed by atoms with Crippen molar-refractivity contribution >= 4 is 0 Å². The summed E-state index contributed by atoms with van der Waals surface area (Å²) in [5.74, 6) is 0. The van der Waals surface area contributed by atoms with Gasteiger partial charge in [0.25, 0.3) is 0 Å². The molecule has 1 heterocycles. The Morgan fingerprint density at radius 3 is 2.62 bits per heavy atom. The van der Waals surface area contributed by atoms with Crippen molar-refractivity contribution in [3.05, 3.63) is 0 Å². The normalized spacial score (nSPS) is 30.6. The van der Waals surface area contributed by atoms with Crippen LogP contribution in [0.2, 0.25) is 0 Å². The van der Waals surface area contributed by atoms with Gasteiger partial charge in [0, 0.05) is 13.1 Å². The Hall–Kier alpha value is -0.0800. The summed E-state index contributed by atoms with van der Waals surface area (Å²) in [5, 5.41) is 3.50. The lowest BCUT2D eigenvalue weighted by atomic mass is 9.99.